The van der Waals surface area contributed by atoms with Gasteiger partial charge in [0.15, 0.2) is 0 Å². The second-order valence-corrected chi connectivity index (χ2v) is 5.07. The van der Waals surface area contributed by atoms with Gasteiger partial charge in [0.1, 0.15) is 6.29 Å². The Morgan fingerprint density at radius 2 is 1.87 bits per heavy atom. The maximum absolute atomic E-state index is 10.3. The SMILES string of the molecule is C/C(=C/CCC(C)CC=O)CCC(C)C. The minimum atomic E-state index is 0.539. The second kappa shape index (κ2) is 8.70. The molecule has 0 aliphatic rings. The van der Waals surface area contributed by atoms with Crippen molar-refractivity contribution < 1.29 is 4.79 Å². The molecule has 0 rings (SSSR count). The Kier molecular flexibility index (Phi) is 8.35. The molecule has 15 heavy (non-hydrogen) atoms. The van der Waals surface area contributed by atoms with Crippen molar-refractivity contribution >= 4 is 6.29 Å². The molecule has 0 amide bonds. The zero-order valence-electron chi connectivity index (χ0n) is 10.8. The van der Waals surface area contributed by atoms with Crippen LogP contribution in [0.3, 0.4) is 0 Å². The van der Waals surface area contributed by atoms with Crippen LogP contribution >= 0.6 is 0 Å². The predicted molar refractivity (Wildman–Crippen MR) is 66.9 cm³/mol. The summed E-state index contributed by atoms with van der Waals surface area (Å²) in [5.74, 6) is 1.33. The largest absolute Gasteiger partial charge is 0.303 e. The van der Waals surface area contributed by atoms with Gasteiger partial charge in [-0.15, -0.1) is 0 Å². The molecule has 0 fully saturated rings. The Balaban J connectivity index is 3.61. The minimum Gasteiger partial charge on any atom is -0.303 e. The lowest BCUT2D eigenvalue weighted by atomic mass is 9.99. The average Bonchev–Trinajstić information content (AvgIpc) is 2.15. The maximum atomic E-state index is 10.3. The third-order valence-corrected chi connectivity index (χ3v) is 2.77. The van der Waals surface area contributed by atoms with Crippen LogP contribution in [0.5, 0.6) is 0 Å². The maximum Gasteiger partial charge on any atom is 0.120 e. The molecule has 0 aromatic carbocycles. The summed E-state index contributed by atoms with van der Waals surface area (Å²) in [4.78, 5) is 10.3. The summed E-state index contributed by atoms with van der Waals surface area (Å²) >= 11 is 0. The van der Waals surface area contributed by atoms with E-state index in [4.69, 9.17) is 0 Å². The van der Waals surface area contributed by atoms with Gasteiger partial charge in [-0.25, -0.2) is 0 Å². The number of rotatable bonds is 8. The quantitative estimate of drug-likeness (QED) is 0.429. The van der Waals surface area contributed by atoms with Crippen molar-refractivity contribution in [2.75, 3.05) is 0 Å². The fraction of sp³-hybridized carbons (Fsp3) is 0.786. The highest BCUT2D eigenvalue weighted by Crippen LogP contribution is 2.14. The molecule has 1 nitrogen and oxygen atoms in total. The molecular formula is C14H26O. The lowest BCUT2D eigenvalue weighted by Gasteiger charge is -2.07. The van der Waals surface area contributed by atoms with E-state index in [1.54, 1.807) is 0 Å². The summed E-state index contributed by atoms with van der Waals surface area (Å²) in [6.45, 7) is 8.89. The van der Waals surface area contributed by atoms with Crippen LogP contribution in [-0.4, -0.2) is 6.29 Å². The number of carbonyl (C=O) groups excluding carboxylic acids is 1. The van der Waals surface area contributed by atoms with E-state index in [0.717, 1.165) is 25.0 Å². The van der Waals surface area contributed by atoms with Crippen molar-refractivity contribution in [3.05, 3.63) is 11.6 Å². The van der Waals surface area contributed by atoms with E-state index >= 15 is 0 Å². The fourth-order valence-electron chi connectivity index (χ4n) is 1.51. The van der Waals surface area contributed by atoms with Gasteiger partial charge in [0.2, 0.25) is 0 Å². The van der Waals surface area contributed by atoms with E-state index < -0.39 is 0 Å². The van der Waals surface area contributed by atoms with Crippen molar-refractivity contribution in [3.8, 4) is 0 Å². The molecule has 88 valence electrons. The van der Waals surface area contributed by atoms with Crippen LogP contribution in [-0.2, 0) is 4.79 Å². The average molecular weight is 210 g/mol. The molecule has 0 aromatic heterocycles. The van der Waals surface area contributed by atoms with Gasteiger partial charge in [0, 0.05) is 6.42 Å². The second-order valence-electron chi connectivity index (χ2n) is 5.07. The molecule has 0 aliphatic heterocycles. The molecule has 0 saturated heterocycles. The van der Waals surface area contributed by atoms with Crippen LogP contribution in [0.25, 0.3) is 0 Å². The number of hydrogen-bond donors (Lipinski definition) is 0. The summed E-state index contributed by atoms with van der Waals surface area (Å²) in [7, 11) is 0. The molecule has 1 heteroatoms. The molecule has 0 aromatic rings. The lowest BCUT2D eigenvalue weighted by Crippen LogP contribution is -1.94. The predicted octanol–water partition coefficient (Wildman–Crippen LogP) is 4.37. The van der Waals surface area contributed by atoms with Gasteiger partial charge >= 0.3 is 0 Å². The number of hydrogen-bond acceptors (Lipinski definition) is 1. The third-order valence-electron chi connectivity index (χ3n) is 2.77. The first-order valence-corrected chi connectivity index (χ1v) is 6.15. The first-order valence-electron chi connectivity index (χ1n) is 6.15. The van der Waals surface area contributed by atoms with Crippen molar-refractivity contribution in [2.24, 2.45) is 11.8 Å². The summed E-state index contributed by atoms with van der Waals surface area (Å²) in [5.41, 5.74) is 1.50. The van der Waals surface area contributed by atoms with Crippen molar-refractivity contribution in [1.82, 2.24) is 0 Å². The summed E-state index contributed by atoms with van der Waals surface area (Å²) in [6, 6.07) is 0. The first kappa shape index (κ1) is 14.4. The zero-order valence-corrected chi connectivity index (χ0v) is 10.8. The highest BCUT2D eigenvalue weighted by molar-refractivity contribution is 5.49. The van der Waals surface area contributed by atoms with Gasteiger partial charge in [-0.3, -0.25) is 0 Å². The topological polar surface area (TPSA) is 17.1 Å². The molecule has 0 heterocycles. The third kappa shape index (κ3) is 9.71. The van der Waals surface area contributed by atoms with Gasteiger partial charge in [0.25, 0.3) is 0 Å². The number of allylic oxidation sites excluding steroid dienone is 2. The molecule has 0 N–H and O–H groups in total. The Morgan fingerprint density at radius 1 is 1.20 bits per heavy atom. The van der Waals surface area contributed by atoms with Crippen LogP contribution in [0, 0.1) is 11.8 Å². The fourth-order valence-corrected chi connectivity index (χ4v) is 1.51. The summed E-state index contributed by atoms with van der Waals surface area (Å²) in [5, 5.41) is 0. The van der Waals surface area contributed by atoms with Crippen LogP contribution < -0.4 is 0 Å². The van der Waals surface area contributed by atoms with Gasteiger partial charge in [0.05, 0.1) is 0 Å². The molecule has 0 aliphatic carbocycles. The van der Waals surface area contributed by atoms with E-state index in [1.165, 1.54) is 18.4 Å². The Labute approximate surface area is 95.0 Å². The van der Waals surface area contributed by atoms with Crippen molar-refractivity contribution in [2.45, 2.75) is 59.8 Å². The smallest absolute Gasteiger partial charge is 0.120 e. The molecule has 0 saturated carbocycles. The molecule has 1 atom stereocenters. The normalized spacial score (nSPS) is 14.3. The molecule has 0 spiro atoms. The molecule has 0 radical (unpaired) electrons. The van der Waals surface area contributed by atoms with Gasteiger partial charge < -0.3 is 4.79 Å². The Morgan fingerprint density at radius 3 is 2.40 bits per heavy atom. The van der Waals surface area contributed by atoms with Crippen molar-refractivity contribution in [1.29, 1.82) is 0 Å². The molecule has 0 bridgehead atoms. The van der Waals surface area contributed by atoms with Gasteiger partial charge in [-0.1, -0.05) is 32.4 Å². The van der Waals surface area contributed by atoms with E-state index in [1.807, 2.05) is 0 Å². The summed E-state index contributed by atoms with van der Waals surface area (Å²) < 4.78 is 0. The molecule has 1 unspecified atom stereocenters. The van der Waals surface area contributed by atoms with E-state index in [-0.39, 0.29) is 0 Å². The van der Waals surface area contributed by atoms with Crippen LogP contribution in [0.15, 0.2) is 11.6 Å². The summed E-state index contributed by atoms with van der Waals surface area (Å²) in [6.07, 6.45) is 8.84. The zero-order chi connectivity index (χ0) is 11.7. The minimum absolute atomic E-state index is 0.539. The Hall–Kier alpha value is -0.590. The number of aldehydes is 1. The van der Waals surface area contributed by atoms with Crippen LogP contribution in [0.4, 0.5) is 0 Å². The van der Waals surface area contributed by atoms with Crippen LogP contribution in [0.2, 0.25) is 0 Å². The van der Waals surface area contributed by atoms with Crippen molar-refractivity contribution in [3.63, 3.8) is 0 Å². The molecular weight excluding hydrogens is 184 g/mol. The van der Waals surface area contributed by atoms with E-state index in [2.05, 4.69) is 33.8 Å². The van der Waals surface area contributed by atoms with Gasteiger partial charge in [-0.2, -0.15) is 0 Å². The van der Waals surface area contributed by atoms with Gasteiger partial charge in [-0.05, 0) is 44.4 Å². The van der Waals surface area contributed by atoms with E-state index in [9.17, 15) is 4.79 Å². The van der Waals surface area contributed by atoms with E-state index in [0.29, 0.717) is 12.3 Å². The first-order chi connectivity index (χ1) is 7.06. The highest BCUT2D eigenvalue weighted by atomic mass is 16.1. The highest BCUT2D eigenvalue weighted by Gasteiger charge is 2.00. The standard InChI is InChI=1S/C14H26O/c1-12(2)8-9-13(3)6-5-7-14(4)10-11-15/h6,11-12,14H,5,7-10H2,1-4H3/b13-6-. The van der Waals surface area contributed by atoms with Crippen LogP contribution in [0.1, 0.15) is 59.8 Å². The Bertz CT molecular complexity index is 192. The lowest BCUT2D eigenvalue weighted by molar-refractivity contribution is -0.108. The monoisotopic (exact) mass is 210 g/mol. The number of carbonyl (C=O) groups is 1.